The van der Waals surface area contributed by atoms with E-state index < -0.39 is 56.0 Å². The van der Waals surface area contributed by atoms with Crippen LogP contribution in [0.3, 0.4) is 0 Å². The van der Waals surface area contributed by atoms with Crippen molar-refractivity contribution in [1.29, 1.82) is 0 Å². The predicted octanol–water partition coefficient (Wildman–Crippen LogP) is 8.12. The Balaban J connectivity index is 1.55. The molecule has 4 heterocycles. The average molecular weight is 727 g/mol. The molecule has 1 spiro atoms. The lowest BCUT2D eigenvalue weighted by Crippen LogP contribution is -2.61. The molecule has 5 rings (SSSR count). The lowest BCUT2D eigenvalue weighted by atomic mass is 9.71. The number of esters is 1. The van der Waals surface area contributed by atoms with Gasteiger partial charge in [0.15, 0.2) is 14.1 Å². The summed E-state index contributed by atoms with van der Waals surface area (Å²) >= 11 is 0. The number of carbonyl (C=O) groups is 1. The molecule has 0 radical (unpaired) electrons. The van der Waals surface area contributed by atoms with E-state index in [-0.39, 0.29) is 42.1 Å². The largest absolute Gasteiger partial charge is 0.462 e. The molecule has 8 nitrogen and oxygen atoms in total. The van der Waals surface area contributed by atoms with Crippen LogP contribution in [0, 0.1) is 23.7 Å². The third-order valence-electron chi connectivity index (χ3n) is 12.3. The minimum Gasteiger partial charge on any atom is -0.462 e. The summed E-state index contributed by atoms with van der Waals surface area (Å²) in [5, 5.41) is 24.2. The number of rotatable bonds is 4. The van der Waals surface area contributed by atoms with Gasteiger partial charge in [-0.2, -0.15) is 0 Å². The maximum Gasteiger partial charge on any atom is 0.316 e. The number of allylic oxidation sites excluding steroid dienone is 5. The smallest absolute Gasteiger partial charge is 0.316 e. The molecular formula is C42H66O8Si. The Labute approximate surface area is 308 Å². The number of aliphatic hydroxyl groups is 2. The number of ether oxygens (including phenoxy) is 4. The zero-order chi connectivity index (χ0) is 37.7. The van der Waals surface area contributed by atoms with Gasteiger partial charge in [0.25, 0.3) is 0 Å². The Hall–Kier alpha value is -1.85. The lowest BCUT2D eigenvalue weighted by Gasteiger charge is -2.51. The minimum atomic E-state index is -2.29. The third kappa shape index (κ3) is 8.45. The van der Waals surface area contributed by atoms with Crippen molar-refractivity contribution in [3.63, 3.8) is 0 Å². The molecule has 2 bridgehead atoms. The summed E-state index contributed by atoms with van der Waals surface area (Å²) < 4.78 is 33.5. The number of aliphatic hydroxyl groups excluding tert-OH is 1. The molecule has 0 saturated carbocycles. The Bertz CT molecular complexity index is 1450. The SMILES string of the molecule is CC1=C[C@H]2C(=O)O[C@H]3C[C@@H](C/C=C(\C)C[C@@H](C)/C=C/C=C4\CO[C@H]([C@@H]1O[Si](C)(C)C(C)(C)C)[C@@]42O)O[C@]1(C3)C[C@H](O)[C@H](C)[C@@H](/C(C)=C/C(C)C)O1. The van der Waals surface area contributed by atoms with Gasteiger partial charge in [0.2, 0.25) is 0 Å². The van der Waals surface area contributed by atoms with Gasteiger partial charge in [-0.05, 0) is 80.3 Å². The molecule has 0 aromatic heterocycles. The Kier molecular flexibility index (Phi) is 12.0. The summed E-state index contributed by atoms with van der Waals surface area (Å²) in [5.74, 6) is -2.15. The fourth-order valence-electron chi connectivity index (χ4n) is 8.48. The quantitative estimate of drug-likeness (QED) is 0.170. The summed E-state index contributed by atoms with van der Waals surface area (Å²) in [6.07, 6.45) is 11.8. The average Bonchev–Trinajstić information content (AvgIpc) is 3.34. The summed E-state index contributed by atoms with van der Waals surface area (Å²) in [7, 11) is -2.29. The Morgan fingerprint density at radius 2 is 1.82 bits per heavy atom. The molecule has 0 unspecified atom stereocenters. The fourth-order valence-corrected chi connectivity index (χ4v) is 9.78. The molecule has 0 amide bonds. The van der Waals surface area contributed by atoms with E-state index in [4.69, 9.17) is 23.4 Å². The van der Waals surface area contributed by atoms with Gasteiger partial charge in [0.05, 0.1) is 31.0 Å². The molecule has 11 atom stereocenters. The molecule has 4 aliphatic heterocycles. The van der Waals surface area contributed by atoms with Gasteiger partial charge in [-0.3, -0.25) is 4.79 Å². The first-order valence-electron chi connectivity index (χ1n) is 19.3. The first-order chi connectivity index (χ1) is 23.7. The van der Waals surface area contributed by atoms with Crippen molar-refractivity contribution < 1.29 is 38.4 Å². The molecule has 2 N–H and O–H groups in total. The molecule has 3 saturated heterocycles. The van der Waals surface area contributed by atoms with Gasteiger partial charge in [-0.25, -0.2) is 0 Å². The number of carbonyl (C=O) groups excluding carboxylic acids is 1. The van der Waals surface area contributed by atoms with Gasteiger partial charge in [-0.1, -0.05) is 90.5 Å². The maximum atomic E-state index is 14.5. The van der Waals surface area contributed by atoms with Gasteiger partial charge in [0, 0.05) is 25.2 Å². The van der Waals surface area contributed by atoms with Gasteiger partial charge in [-0.15, -0.1) is 0 Å². The highest BCUT2D eigenvalue weighted by Crippen LogP contribution is 2.50. The highest BCUT2D eigenvalue weighted by molar-refractivity contribution is 6.74. The molecule has 1 aliphatic carbocycles. The summed E-state index contributed by atoms with van der Waals surface area (Å²) in [6, 6.07) is 0. The van der Waals surface area contributed by atoms with Crippen LogP contribution >= 0.6 is 0 Å². The standard InChI is InChI=1S/C42H66O8Si/c1-25(2)18-28(5)36-30(7)35(43)23-41(49-36)22-33-21-32(48-41)17-16-27(4)19-26(3)14-13-15-31-24-46-38-37(50-51(11,12)40(8,9)10)29(6)20-34(39(44)47-33)42(31,38)45/h13-16,18,20,25-26,30,32-38,43,45H,17,19,21-24H2,1-12H3/b14-13+,27-16+,28-18+,31-15+/t26-,30-,32+,33-,34-,35-,36+,37+,38+,41-,42+/m0/s1. The van der Waals surface area contributed by atoms with E-state index in [2.05, 4.69) is 86.7 Å². The van der Waals surface area contributed by atoms with Crippen LogP contribution in [0.4, 0.5) is 0 Å². The monoisotopic (exact) mass is 726 g/mol. The zero-order valence-electron chi connectivity index (χ0n) is 33.3. The second kappa shape index (κ2) is 15.1. The fraction of sp³-hybridized carbons (Fsp3) is 0.738. The van der Waals surface area contributed by atoms with Crippen LogP contribution in [0.1, 0.15) is 101 Å². The van der Waals surface area contributed by atoms with E-state index in [1.54, 1.807) is 0 Å². The van der Waals surface area contributed by atoms with Crippen LogP contribution in [-0.4, -0.2) is 79.1 Å². The molecule has 5 aliphatic rings. The van der Waals surface area contributed by atoms with Crippen molar-refractivity contribution in [3.05, 3.63) is 58.7 Å². The van der Waals surface area contributed by atoms with Gasteiger partial charge in [0.1, 0.15) is 23.7 Å². The minimum absolute atomic E-state index is 0.0564. The van der Waals surface area contributed by atoms with Crippen molar-refractivity contribution >= 4 is 14.3 Å². The van der Waals surface area contributed by atoms with Crippen LogP contribution in [0.25, 0.3) is 0 Å². The highest BCUT2D eigenvalue weighted by atomic mass is 28.4. The normalized spacial score (nSPS) is 42.7. The van der Waals surface area contributed by atoms with E-state index in [0.29, 0.717) is 30.8 Å². The number of hydrogen-bond donors (Lipinski definition) is 2. The predicted molar refractivity (Wildman–Crippen MR) is 203 cm³/mol. The maximum absolute atomic E-state index is 14.5. The first-order valence-corrected chi connectivity index (χ1v) is 22.2. The van der Waals surface area contributed by atoms with E-state index >= 15 is 0 Å². The number of hydrogen-bond acceptors (Lipinski definition) is 8. The van der Waals surface area contributed by atoms with E-state index in [1.807, 2.05) is 32.1 Å². The van der Waals surface area contributed by atoms with Gasteiger partial charge >= 0.3 is 5.97 Å². The van der Waals surface area contributed by atoms with Crippen molar-refractivity contribution in [1.82, 2.24) is 0 Å². The van der Waals surface area contributed by atoms with Crippen LogP contribution in [0.15, 0.2) is 58.7 Å². The summed E-state index contributed by atoms with van der Waals surface area (Å²) in [6.45, 7) is 25.8. The van der Waals surface area contributed by atoms with Gasteiger partial charge < -0.3 is 33.6 Å². The Morgan fingerprint density at radius 3 is 2.49 bits per heavy atom. The number of fused-ring (bicyclic) bond motifs is 2. The van der Waals surface area contributed by atoms with Crippen molar-refractivity contribution in [2.45, 2.75) is 167 Å². The van der Waals surface area contributed by atoms with E-state index in [1.165, 1.54) is 5.57 Å². The molecular weight excluding hydrogens is 661 g/mol. The molecule has 286 valence electrons. The molecule has 51 heavy (non-hydrogen) atoms. The summed E-state index contributed by atoms with van der Waals surface area (Å²) in [5.41, 5.74) is 2.17. The van der Waals surface area contributed by atoms with Crippen LogP contribution < -0.4 is 0 Å². The van der Waals surface area contributed by atoms with E-state index in [9.17, 15) is 15.0 Å². The highest BCUT2D eigenvalue weighted by Gasteiger charge is 2.62. The molecule has 0 aromatic carbocycles. The van der Waals surface area contributed by atoms with E-state index in [0.717, 1.165) is 17.6 Å². The second-order valence-corrected chi connectivity index (χ2v) is 23.0. The lowest BCUT2D eigenvalue weighted by molar-refractivity contribution is -0.342. The van der Waals surface area contributed by atoms with Crippen LogP contribution in [-0.2, 0) is 28.2 Å². The molecule has 3 fully saturated rings. The molecule has 0 aromatic rings. The second-order valence-electron chi connectivity index (χ2n) is 18.3. The summed E-state index contributed by atoms with van der Waals surface area (Å²) in [4.78, 5) is 14.5. The van der Waals surface area contributed by atoms with Crippen LogP contribution in [0.2, 0.25) is 18.1 Å². The van der Waals surface area contributed by atoms with Crippen molar-refractivity contribution in [3.8, 4) is 0 Å². The van der Waals surface area contributed by atoms with Crippen molar-refractivity contribution in [2.24, 2.45) is 23.7 Å². The Morgan fingerprint density at radius 1 is 1.12 bits per heavy atom. The van der Waals surface area contributed by atoms with Crippen LogP contribution in [0.5, 0.6) is 0 Å². The zero-order valence-corrected chi connectivity index (χ0v) is 34.3. The third-order valence-corrected chi connectivity index (χ3v) is 16.8. The first kappa shape index (κ1) is 40.3. The molecule has 9 heteroatoms. The topological polar surface area (TPSA) is 104 Å². The van der Waals surface area contributed by atoms with Crippen molar-refractivity contribution in [2.75, 3.05) is 6.61 Å².